The number of amides is 1. The number of rotatable bonds is 4. The van der Waals surface area contributed by atoms with Gasteiger partial charge in [0.05, 0.1) is 11.7 Å². The van der Waals surface area contributed by atoms with Crippen LogP contribution >= 0.6 is 0 Å². The lowest BCUT2D eigenvalue weighted by Gasteiger charge is -2.25. The number of halogens is 2. The highest BCUT2D eigenvalue weighted by Crippen LogP contribution is 2.21. The molecule has 1 aromatic rings. The van der Waals surface area contributed by atoms with Gasteiger partial charge in [-0.2, -0.15) is 0 Å². The zero-order valence-corrected chi connectivity index (χ0v) is 11.3. The Hall–Kier alpha value is -1.49. The van der Waals surface area contributed by atoms with Gasteiger partial charge in [-0.1, -0.05) is 20.8 Å². The van der Waals surface area contributed by atoms with E-state index >= 15 is 0 Å². The number of aliphatic hydroxyl groups is 1. The molecule has 106 valence electrons. The van der Waals surface area contributed by atoms with Crippen LogP contribution in [0.5, 0.6) is 0 Å². The Morgan fingerprint density at radius 1 is 1.37 bits per heavy atom. The normalized spacial score (nSPS) is 13.2. The molecule has 1 rings (SSSR count). The molecule has 0 bridgehead atoms. The molecule has 0 radical (unpaired) electrons. The van der Waals surface area contributed by atoms with E-state index in [2.05, 4.69) is 5.32 Å². The van der Waals surface area contributed by atoms with Crippen molar-refractivity contribution < 1.29 is 18.7 Å². The zero-order chi connectivity index (χ0) is 14.6. The van der Waals surface area contributed by atoms with E-state index < -0.39 is 23.6 Å². The number of carbonyl (C=O) groups is 1. The quantitative estimate of drug-likeness (QED) is 0.884. The lowest BCUT2D eigenvalue weighted by molar-refractivity contribution is 0.0551. The lowest BCUT2D eigenvalue weighted by atomic mass is 9.87. The van der Waals surface area contributed by atoms with Gasteiger partial charge >= 0.3 is 0 Å². The van der Waals surface area contributed by atoms with Gasteiger partial charge in [-0.05, 0) is 24.0 Å². The summed E-state index contributed by atoms with van der Waals surface area (Å²) in [5.41, 5.74) is -0.474. The smallest absolute Gasteiger partial charge is 0.254 e. The molecule has 0 saturated heterocycles. The van der Waals surface area contributed by atoms with Crippen LogP contribution in [-0.2, 0) is 0 Å². The highest BCUT2D eigenvalue weighted by Gasteiger charge is 2.22. The molecule has 0 aliphatic carbocycles. The Bertz CT molecular complexity index is 455. The standard InChI is InChI=1S/C14H19F2NO2/c1-14(2,3)12(18)6-7-17-13(19)10-5-4-9(15)8-11(10)16/h4-5,8,12,18H,6-7H2,1-3H3,(H,17,19). The summed E-state index contributed by atoms with van der Waals surface area (Å²) in [6.07, 6.45) is -0.191. The molecule has 3 nitrogen and oxygen atoms in total. The maximum absolute atomic E-state index is 13.3. The first-order valence-corrected chi connectivity index (χ1v) is 6.13. The number of aliphatic hydroxyl groups excluding tert-OH is 1. The van der Waals surface area contributed by atoms with Crippen LogP contribution < -0.4 is 5.32 Å². The van der Waals surface area contributed by atoms with Gasteiger partial charge in [0.15, 0.2) is 0 Å². The molecular formula is C14H19F2NO2. The number of carbonyl (C=O) groups excluding carboxylic acids is 1. The number of nitrogens with one attached hydrogen (secondary N) is 1. The van der Waals surface area contributed by atoms with Crippen molar-refractivity contribution in [3.8, 4) is 0 Å². The average Bonchev–Trinajstić information content (AvgIpc) is 2.27. The van der Waals surface area contributed by atoms with Gasteiger partial charge in [-0.3, -0.25) is 4.79 Å². The van der Waals surface area contributed by atoms with E-state index in [0.717, 1.165) is 12.1 Å². The van der Waals surface area contributed by atoms with Gasteiger partial charge in [-0.25, -0.2) is 8.78 Å². The highest BCUT2D eigenvalue weighted by molar-refractivity contribution is 5.94. The maximum Gasteiger partial charge on any atom is 0.254 e. The summed E-state index contributed by atoms with van der Waals surface area (Å²) in [6, 6.07) is 2.79. The molecular weight excluding hydrogens is 252 g/mol. The van der Waals surface area contributed by atoms with Crippen LogP contribution in [0.3, 0.4) is 0 Å². The monoisotopic (exact) mass is 271 g/mol. The molecule has 0 heterocycles. The minimum Gasteiger partial charge on any atom is -0.393 e. The molecule has 0 aliphatic rings. The predicted molar refractivity (Wildman–Crippen MR) is 68.8 cm³/mol. The van der Waals surface area contributed by atoms with Gasteiger partial charge in [0.25, 0.3) is 5.91 Å². The third kappa shape index (κ3) is 4.59. The second-order valence-corrected chi connectivity index (χ2v) is 5.55. The second kappa shape index (κ2) is 6.10. The number of hydrogen-bond donors (Lipinski definition) is 2. The zero-order valence-electron chi connectivity index (χ0n) is 11.3. The molecule has 19 heavy (non-hydrogen) atoms. The van der Waals surface area contributed by atoms with Crippen LogP contribution in [-0.4, -0.2) is 23.7 Å². The van der Waals surface area contributed by atoms with Crippen molar-refractivity contribution in [1.82, 2.24) is 5.32 Å². The third-order valence-electron chi connectivity index (χ3n) is 2.88. The first-order valence-electron chi connectivity index (χ1n) is 6.13. The van der Waals surface area contributed by atoms with E-state index in [1.165, 1.54) is 0 Å². The Labute approximate surface area is 111 Å². The third-order valence-corrected chi connectivity index (χ3v) is 2.88. The maximum atomic E-state index is 13.3. The van der Waals surface area contributed by atoms with Gasteiger partial charge < -0.3 is 10.4 Å². The molecule has 1 amide bonds. The minimum absolute atomic E-state index is 0.202. The summed E-state index contributed by atoms with van der Waals surface area (Å²) in [5, 5.41) is 12.3. The average molecular weight is 271 g/mol. The second-order valence-electron chi connectivity index (χ2n) is 5.55. The summed E-state index contributed by atoms with van der Waals surface area (Å²) in [5.74, 6) is -2.23. The molecule has 0 aliphatic heterocycles. The van der Waals surface area contributed by atoms with E-state index in [1.54, 1.807) is 0 Å². The van der Waals surface area contributed by atoms with Gasteiger partial charge in [-0.15, -0.1) is 0 Å². The van der Waals surface area contributed by atoms with Crippen LogP contribution in [0.1, 0.15) is 37.6 Å². The van der Waals surface area contributed by atoms with E-state index in [1.807, 2.05) is 20.8 Å². The van der Waals surface area contributed by atoms with Gasteiger partial charge in [0, 0.05) is 12.6 Å². The molecule has 0 saturated carbocycles. The molecule has 2 N–H and O–H groups in total. The van der Waals surface area contributed by atoms with Crippen molar-refractivity contribution in [2.75, 3.05) is 6.54 Å². The van der Waals surface area contributed by atoms with Crippen LogP contribution in [0.2, 0.25) is 0 Å². The van der Waals surface area contributed by atoms with E-state index in [9.17, 15) is 18.7 Å². The Balaban J connectivity index is 2.52. The number of benzene rings is 1. The minimum atomic E-state index is -0.895. The van der Waals surface area contributed by atoms with Crippen LogP contribution in [0.4, 0.5) is 8.78 Å². The summed E-state index contributed by atoms with van der Waals surface area (Å²) in [4.78, 5) is 11.7. The largest absolute Gasteiger partial charge is 0.393 e. The molecule has 0 aromatic heterocycles. The van der Waals surface area contributed by atoms with Gasteiger partial charge in [0.1, 0.15) is 11.6 Å². The van der Waals surface area contributed by atoms with Crippen molar-refractivity contribution in [3.63, 3.8) is 0 Å². The fourth-order valence-electron chi connectivity index (χ4n) is 1.52. The van der Waals surface area contributed by atoms with Gasteiger partial charge in [0.2, 0.25) is 0 Å². The first kappa shape index (κ1) is 15.6. The summed E-state index contributed by atoms with van der Waals surface area (Å²) >= 11 is 0. The first-order chi connectivity index (χ1) is 8.71. The predicted octanol–water partition coefficient (Wildman–Crippen LogP) is 2.49. The summed E-state index contributed by atoms with van der Waals surface area (Å²) in [7, 11) is 0. The fourth-order valence-corrected chi connectivity index (χ4v) is 1.52. The van der Waals surface area contributed by atoms with Crippen molar-refractivity contribution in [3.05, 3.63) is 35.4 Å². The van der Waals surface area contributed by atoms with E-state index in [0.29, 0.717) is 12.5 Å². The van der Waals surface area contributed by atoms with Crippen LogP contribution in [0.25, 0.3) is 0 Å². The summed E-state index contributed by atoms with van der Waals surface area (Å²) in [6.45, 7) is 5.89. The SMILES string of the molecule is CC(C)(C)C(O)CCNC(=O)c1ccc(F)cc1F. The Morgan fingerprint density at radius 2 is 2.00 bits per heavy atom. The lowest BCUT2D eigenvalue weighted by Crippen LogP contribution is -2.32. The molecule has 1 aromatic carbocycles. The Kier molecular flexibility index (Phi) is 5.00. The van der Waals surface area contributed by atoms with Crippen molar-refractivity contribution >= 4 is 5.91 Å². The topological polar surface area (TPSA) is 49.3 Å². The van der Waals surface area contributed by atoms with E-state index in [-0.39, 0.29) is 17.5 Å². The van der Waals surface area contributed by atoms with Crippen molar-refractivity contribution in [1.29, 1.82) is 0 Å². The Morgan fingerprint density at radius 3 is 2.53 bits per heavy atom. The van der Waals surface area contributed by atoms with Crippen molar-refractivity contribution in [2.24, 2.45) is 5.41 Å². The van der Waals surface area contributed by atoms with E-state index in [4.69, 9.17) is 0 Å². The number of hydrogen-bond acceptors (Lipinski definition) is 2. The molecule has 0 fully saturated rings. The molecule has 1 unspecified atom stereocenters. The van der Waals surface area contributed by atoms with Crippen LogP contribution in [0.15, 0.2) is 18.2 Å². The molecule has 0 spiro atoms. The molecule has 1 atom stereocenters. The van der Waals surface area contributed by atoms with Crippen LogP contribution in [0, 0.1) is 17.0 Å². The fraction of sp³-hybridized carbons (Fsp3) is 0.500. The summed E-state index contributed by atoms with van der Waals surface area (Å²) < 4.78 is 26.0. The van der Waals surface area contributed by atoms with Crippen molar-refractivity contribution in [2.45, 2.75) is 33.3 Å². The molecule has 5 heteroatoms. The highest BCUT2D eigenvalue weighted by atomic mass is 19.1.